The van der Waals surface area contributed by atoms with Gasteiger partial charge in [0.25, 0.3) is 0 Å². The molecule has 1 aromatic carbocycles. The van der Waals surface area contributed by atoms with Crippen LogP contribution in [0.1, 0.15) is 18.9 Å². The van der Waals surface area contributed by atoms with E-state index in [0.29, 0.717) is 5.92 Å². The number of rotatable bonds is 6. The molecule has 1 aliphatic rings. The summed E-state index contributed by atoms with van der Waals surface area (Å²) in [7, 11) is 3.47. The van der Waals surface area contributed by atoms with Crippen LogP contribution in [0.25, 0.3) is 0 Å². The Morgan fingerprint density at radius 3 is 2.92 bits per heavy atom. The Morgan fingerprint density at radius 1 is 1.44 bits per heavy atom. The highest BCUT2D eigenvalue weighted by Gasteiger charge is 2.24. The van der Waals surface area contributed by atoms with Gasteiger partial charge in [-0.25, -0.2) is 0 Å². The molecule has 0 bridgehead atoms. The summed E-state index contributed by atoms with van der Waals surface area (Å²) >= 11 is 0. The van der Waals surface area contributed by atoms with Gasteiger partial charge >= 0.3 is 0 Å². The molecule has 2 N–H and O–H groups in total. The van der Waals surface area contributed by atoms with Crippen molar-refractivity contribution < 1.29 is 9.53 Å². The van der Waals surface area contributed by atoms with E-state index in [1.54, 1.807) is 14.2 Å². The van der Waals surface area contributed by atoms with E-state index in [0.717, 1.165) is 44.2 Å². The Hall–Kier alpha value is -1.35. The van der Waals surface area contributed by atoms with Crippen molar-refractivity contribution in [3.63, 3.8) is 0 Å². The molecule has 6 nitrogen and oxygen atoms in total. The van der Waals surface area contributed by atoms with Gasteiger partial charge in [-0.05, 0) is 30.5 Å². The third-order valence-electron chi connectivity index (χ3n) is 4.23. The Kier molecular flexibility index (Phi) is 9.81. The van der Waals surface area contributed by atoms with Crippen LogP contribution in [-0.4, -0.2) is 57.2 Å². The lowest BCUT2D eigenvalue weighted by Crippen LogP contribution is -2.43. The van der Waals surface area contributed by atoms with Crippen molar-refractivity contribution in [2.75, 3.05) is 45.7 Å². The molecular weight excluding hydrogens is 431 g/mol. The van der Waals surface area contributed by atoms with Gasteiger partial charge in [-0.1, -0.05) is 19.1 Å². The number of anilines is 1. The number of ether oxygens (including phenoxy) is 1. The number of aliphatic imine (C=N–C) groups is 1. The average molecular weight is 460 g/mol. The number of hydrogen-bond acceptors (Lipinski definition) is 3. The SMILES string of the molecule is CCc1cccc(NC(=O)CNC(=NC)N2CCC(COC)C2)c1.I. The van der Waals surface area contributed by atoms with Crippen LogP contribution < -0.4 is 10.6 Å². The van der Waals surface area contributed by atoms with E-state index in [9.17, 15) is 4.79 Å². The van der Waals surface area contributed by atoms with Gasteiger partial charge in [0.05, 0.1) is 13.2 Å². The maximum Gasteiger partial charge on any atom is 0.243 e. The predicted molar refractivity (Wildman–Crippen MR) is 113 cm³/mol. The molecule has 7 heteroatoms. The number of aryl methyl sites for hydroxylation is 1. The molecule has 1 aromatic rings. The monoisotopic (exact) mass is 460 g/mol. The Bertz CT molecular complexity index is 580. The summed E-state index contributed by atoms with van der Waals surface area (Å²) in [6.45, 7) is 4.91. The molecule has 2 rings (SSSR count). The maximum atomic E-state index is 12.1. The fraction of sp³-hybridized carbons (Fsp3) is 0.556. The number of nitrogens with zero attached hydrogens (tertiary/aromatic N) is 2. The van der Waals surface area contributed by atoms with Crippen LogP contribution in [0.4, 0.5) is 5.69 Å². The van der Waals surface area contributed by atoms with Gasteiger partial charge in [0.15, 0.2) is 5.96 Å². The summed E-state index contributed by atoms with van der Waals surface area (Å²) in [5.41, 5.74) is 2.04. The zero-order valence-electron chi connectivity index (χ0n) is 15.2. The number of likely N-dealkylation sites (tertiary alicyclic amines) is 1. The van der Waals surface area contributed by atoms with Gasteiger partial charge in [-0.2, -0.15) is 0 Å². The van der Waals surface area contributed by atoms with Gasteiger partial charge in [-0.15, -0.1) is 24.0 Å². The smallest absolute Gasteiger partial charge is 0.243 e. The summed E-state index contributed by atoms with van der Waals surface area (Å²) < 4.78 is 5.22. The number of methoxy groups -OCH3 is 1. The number of halogens is 1. The summed E-state index contributed by atoms with van der Waals surface area (Å²) in [6, 6.07) is 7.92. The van der Waals surface area contributed by atoms with Crippen LogP contribution in [0, 0.1) is 5.92 Å². The van der Waals surface area contributed by atoms with Crippen LogP contribution in [0.3, 0.4) is 0 Å². The normalized spacial score (nSPS) is 17.2. The van der Waals surface area contributed by atoms with Crippen LogP contribution in [0.2, 0.25) is 0 Å². The highest BCUT2D eigenvalue weighted by atomic mass is 127. The molecule has 1 aliphatic heterocycles. The molecule has 0 aliphatic carbocycles. The zero-order valence-corrected chi connectivity index (χ0v) is 17.6. The molecule has 1 amide bonds. The molecule has 0 aromatic heterocycles. The molecule has 1 heterocycles. The van der Waals surface area contributed by atoms with Crippen molar-refractivity contribution in [3.05, 3.63) is 29.8 Å². The number of hydrogen-bond donors (Lipinski definition) is 2. The van der Waals surface area contributed by atoms with Crippen molar-refractivity contribution in [2.45, 2.75) is 19.8 Å². The summed E-state index contributed by atoms with van der Waals surface area (Å²) in [5.74, 6) is 1.22. The van der Waals surface area contributed by atoms with E-state index in [2.05, 4.69) is 33.5 Å². The highest BCUT2D eigenvalue weighted by Crippen LogP contribution is 2.16. The lowest BCUT2D eigenvalue weighted by Gasteiger charge is -2.21. The number of carbonyl (C=O) groups excluding carboxylic acids is 1. The fourth-order valence-corrected chi connectivity index (χ4v) is 2.96. The first-order chi connectivity index (χ1) is 11.7. The quantitative estimate of drug-likeness (QED) is 0.389. The largest absolute Gasteiger partial charge is 0.384 e. The molecule has 1 atom stereocenters. The van der Waals surface area contributed by atoms with E-state index >= 15 is 0 Å². The van der Waals surface area contributed by atoms with Crippen LogP contribution in [0.5, 0.6) is 0 Å². The summed E-state index contributed by atoms with van der Waals surface area (Å²) in [4.78, 5) is 18.6. The van der Waals surface area contributed by atoms with Crippen LogP contribution >= 0.6 is 24.0 Å². The van der Waals surface area contributed by atoms with Gasteiger partial charge in [0, 0.05) is 38.9 Å². The number of amides is 1. The lowest BCUT2D eigenvalue weighted by molar-refractivity contribution is -0.115. The molecule has 1 unspecified atom stereocenters. The van der Waals surface area contributed by atoms with E-state index < -0.39 is 0 Å². The first-order valence-corrected chi connectivity index (χ1v) is 8.49. The Labute approximate surface area is 167 Å². The number of benzene rings is 1. The van der Waals surface area contributed by atoms with Gasteiger partial charge in [0.1, 0.15) is 0 Å². The first kappa shape index (κ1) is 21.7. The number of nitrogens with one attached hydrogen (secondary N) is 2. The maximum absolute atomic E-state index is 12.1. The van der Waals surface area contributed by atoms with E-state index in [-0.39, 0.29) is 36.4 Å². The molecule has 25 heavy (non-hydrogen) atoms. The second-order valence-electron chi connectivity index (χ2n) is 6.06. The first-order valence-electron chi connectivity index (χ1n) is 8.49. The average Bonchev–Trinajstić information content (AvgIpc) is 3.04. The lowest BCUT2D eigenvalue weighted by atomic mass is 10.1. The predicted octanol–water partition coefficient (Wildman–Crippen LogP) is 2.35. The minimum absolute atomic E-state index is 0. The van der Waals surface area contributed by atoms with Crippen molar-refractivity contribution in [2.24, 2.45) is 10.9 Å². The van der Waals surface area contributed by atoms with Gasteiger partial charge < -0.3 is 20.3 Å². The van der Waals surface area contributed by atoms with Gasteiger partial charge in [0.2, 0.25) is 5.91 Å². The molecule has 0 spiro atoms. The second-order valence-corrected chi connectivity index (χ2v) is 6.06. The fourth-order valence-electron chi connectivity index (χ4n) is 2.96. The van der Waals surface area contributed by atoms with E-state index in [1.807, 2.05) is 18.2 Å². The van der Waals surface area contributed by atoms with E-state index in [1.165, 1.54) is 5.56 Å². The molecule has 140 valence electrons. The van der Waals surface area contributed by atoms with E-state index in [4.69, 9.17) is 4.74 Å². The third-order valence-corrected chi connectivity index (χ3v) is 4.23. The van der Waals surface area contributed by atoms with Crippen molar-refractivity contribution >= 4 is 41.5 Å². The molecule has 0 radical (unpaired) electrons. The number of guanidine groups is 1. The zero-order chi connectivity index (χ0) is 17.4. The summed E-state index contributed by atoms with van der Waals surface area (Å²) in [5, 5.41) is 6.07. The molecular formula is C18H29IN4O2. The second kappa shape index (κ2) is 11.3. The van der Waals surface area contributed by atoms with Gasteiger partial charge in [-0.3, -0.25) is 9.79 Å². The van der Waals surface area contributed by atoms with Crippen molar-refractivity contribution in [3.8, 4) is 0 Å². The van der Waals surface area contributed by atoms with Crippen molar-refractivity contribution in [1.29, 1.82) is 0 Å². The highest BCUT2D eigenvalue weighted by molar-refractivity contribution is 14.0. The van der Waals surface area contributed by atoms with Crippen LogP contribution in [-0.2, 0) is 16.0 Å². The Balaban J connectivity index is 0.00000312. The number of carbonyl (C=O) groups is 1. The minimum atomic E-state index is -0.0722. The summed E-state index contributed by atoms with van der Waals surface area (Å²) in [6.07, 6.45) is 2.04. The van der Waals surface area contributed by atoms with Crippen LogP contribution in [0.15, 0.2) is 29.3 Å². The topological polar surface area (TPSA) is 66.0 Å². The minimum Gasteiger partial charge on any atom is -0.384 e. The molecule has 1 fully saturated rings. The van der Waals surface area contributed by atoms with Crippen molar-refractivity contribution in [1.82, 2.24) is 10.2 Å². The molecule has 1 saturated heterocycles. The molecule has 0 saturated carbocycles. The third kappa shape index (κ3) is 6.81. The Morgan fingerprint density at radius 2 is 2.24 bits per heavy atom. The standard InChI is InChI=1S/C18H28N4O2.HI/c1-4-14-6-5-7-16(10-14)21-17(23)11-20-18(19-2)22-9-8-15(12-22)13-24-3;/h5-7,10,15H,4,8-9,11-13H2,1-3H3,(H,19,20)(H,21,23);1H.